The van der Waals surface area contributed by atoms with Crippen LogP contribution in [-0.4, -0.2) is 19.9 Å². The highest BCUT2D eigenvalue weighted by Gasteiger charge is 2.15. The van der Waals surface area contributed by atoms with Gasteiger partial charge in [-0.25, -0.2) is 8.42 Å². The van der Waals surface area contributed by atoms with Crippen LogP contribution < -0.4 is 11.3 Å². The second-order valence-electron chi connectivity index (χ2n) is 4.26. The SMILES string of the molecule is CCS(=O)(=O)CCCC(NN)c1cc(Br)ccc1Br. The summed E-state index contributed by atoms with van der Waals surface area (Å²) >= 11 is 6.90. The van der Waals surface area contributed by atoms with Gasteiger partial charge in [0.05, 0.1) is 5.75 Å². The molecule has 4 nitrogen and oxygen atoms in total. The van der Waals surface area contributed by atoms with Crippen LogP contribution in [0.4, 0.5) is 0 Å². The minimum Gasteiger partial charge on any atom is -0.271 e. The third-order valence-corrected chi connectivity index (χ3v) is 5.93. The Morgan fingerprint density at radius 3 is 2.63 bits per heavy atom. The number of benzene rings is 1. The summed E-state index contributed by atoms with van der Waals surface area (Å²) in [6.45, 7) is 1.67. The van der Waals surface area contributed by atoms with Gasteiger partial charge in [-0.05, 0) is 36.6 Å². The van der Waals surface area contributed by atoms with Crippen molar-refractivity contribution in [3.05, 3.63) is 32.7 Å². The molecule has 1 atom stereocenters. The summed E-state index contributed by atoms with van der Waals surface area (Å²) < 4.78 is 24.8. The Morgan fingerprint density at radius 2 is 2.05 bits per heavy atom. The van der Waals surface area contributed by atoms with E-state index in [0.717, 1.165) is 14.5 Å². The number of hydrogen-bond donors (Lipinski definition) is 2. The number of rotatable bonds is 7. The van der Waals surface area contributed by atoms with Crippen LogP contribution in [0.1, 0.15) is 31.4 Å². The average molecular weight is 414 g/mol. The normalized spacial score (nSPS) is 13.5. The molecule has 1 rings (SSSR count). The minimum atomic E-state index is -2.91. The zero-order chi connectivity index (χ0) is 14.5. The second kappa shape index (κ2) is 7.73. The number of nitrogens with two attached hydrogens (primary N) is 1. The summed E-state index contributed by atoms with van der Waals surface area (Å²) in [6, 6.07) is 5.77. The Hall–Kier alpha value is 0.0500. The third kappa shape index (κ3) is 5.51. The quantitative estimate of drug-likeness (QED) is 0.532. The molecule has 0 spiro atoms. The third-order valence-electron chi connectivity index (χ3n) is 2.92. The van der Waals surface area contributed by atoms with Gasteiger partial charge in [-0.2, -0.15) is 0 Å². The van der Waals surface area contributed by atoms with Crippen LogP contribution in [0.3, 0.4) is 0 Å². The van der Waals surface area contributed by atoms with Gasteiger partial charge in [0.15, 0.2) is 0 Å². The lowest BCUT2D eigenvalue weighted by Crippen LogP contribution is -2.28. The van der Waals surface area contributed by atoms with E-state index in [1.165, 1.54) is 0 Å². The Labute approximate surface area is 131 Å². The van der Waals surface area contributed by atoms with Crippen LogP contribution in [0.25, 0.3) is 0 Å². The lowest BCUT2D eigenvalue weighted by molar-refractivity contribution is 0.505. The molecule has 1 aromatic rings. The average Bonchev–Trinajstić information content (AvgIpc) is 2.38. The first-order chi connectivity index (χ1) is 8.89. The monoisotopic (exact) mass is 412 g/mol. The van der Waals surface area contributed by atoms with Gasteiger partial charge in [0.1, 0.15) is 9.84 Å². The van der Waals surface area contributed by atoms with E-state index in [-0.39, 0.29) is 17.5 Å². The van der Waals surface area contributed by atoms with E-state index in [2.05, 4.69) is 37.3 Å². The van der Waals surface area contributed by atoms with E-state index in [0.29, 0.717) is 12.8 Å². The predicted molar refractivity (Wildman–Crippen MR) is 85.5 cm³/mol. The molecule has 0 aliphatic heterocycles. The van der Waals surface area contributed by atoms with Crippen molar-refractivity contribution in [1.29, 1.82) is 0 Å². The maximum absolute atomic E-state index is 11.5. The molecule has 0 aromatic heterocycles. The summed E-state index contributed by atoms with van der Waals surface area (Å²) in [5.41, 5.74) is 3.76. The molecule has 0 amide bonds. The molecule has 0 bridgehead atoms. The molecule has 1 unspecified atom stereocenters. The van der Waals surface area contributed by atoms with E-state index in [4.69, 9.17) is 5.84 Å². The standard InChI is InChI=1S/C12H18Br2N2O2S/c1-2-19(17,18)7-3-4-12(16-15)10-8-9(13)5-6-11(10)14/h5-6,8,12,16H,2-4,7,15H2,1H3. The van der Waals surface area contributed by atoms with Crippen molar-refractivity contribution in [1.82, 2.24) is 5.43 Å². The molecule has 0 saturated heterocycles. The van der Waals surface area contributed by atoms with E-state index < -0.39 is 9.84 Å². The molecule has 0 aliphatic carbocycles. The molecular formula is C12H18Br2N2O2S. The van der Waals surface area contributed by atoms with Crippen molar-refractivity contribution in [2.24, 2.45) is 5.84 Å². The van der Waals surface area contributed by atoms with Crippen molar-refractivity contribution < 1.29 is 8.42 Å². The first kappa shape index (κ1) is 17.1. The minimum absolute atomic E-state index is 0.0704. The van der Waals surface area contributed by atoms with E-state index in [9.17, 15) is 8.42 Å². The highest BCUT2D eigenvalue weighted by molar-refractivity contribution is 9.11. The molecule has 0 aliphatic rings. The molecule has 1 aromatic carbocycles. The van der Waals surface area contributed by atoms with Gasteiger partial charge < -0.3 is 0 Å². The van der Waals surface area contributed by atoms with E-state index >= 15 is 0 Å². The Balaban J connectivity index is 2.71. The molecule has 0 heterocycles. The second-order valence-corrected chi connectivity index (χ2v) is 8.51. The van der Waals surface area contributed by atoms with Gasteiger partial charge >= 0.3 is 0 Å². The van der Waals surface area contributed by atoms with Crippen LogP contribution in [0.2, 0.25) is 0 Å². The smallest absolute Gasteiger partial charge is 0.150 e. The van der Waals surface area contributed by atoms with Crippen molar-refractivity contribution in [3.8, 4) is 0 Å². The number of hydrazine groups is 1. The molecule has 3 N–H and O–H groups in total. The Bertz CT molecular complexity index is 520. The Morgan fingerprint density at radius 1 is 1.37 bits per heavy atom. The van der Waals surface area contributed by atoms with Crippen LogP contribution in [-0.2, 0) is 9.84 Å². The number of sulfone groups is 1. The summed E-state index contributed by atoms with van der Waals surface area (Å²) in [5.74, 6) is 5.96. The van der Waals surface area contributed by atoms with Crippen LogP contribution in [0.15, 0.2) is 27.1 Å². The van der Waals surface area contributed by atoms with Gasteiger partial charge in [0.2, 0.25) is 0 Å². The van der Waals surface area contributed by atoms with Gasteiger partial charge in [0.25, 0.3) is 0 Å². The molecular weight excluding hydrogens is 396 g/mol. The first-order valence-electron chi connectivity index (χ1n) is 6.01. The highest BCUT2D eigenvalue weighted by atomic mass is 79.9. The van der Waals surface area contributed by atoms with Crippen LogP contribution in [0, 0.1) is 0 Å². The van der Waals surface area contributed by atoms with Crippen LogP contribution in [0.5, 0.6) is 0 Å². The fourth-order valence-electron chi connectivity index (χ4n) is 1.76. The van der Waals surface area contributed by atoms with Crippen molar-refractivity contribution in [3.63, 3.8) is 0 Å². The predicted octanol–water partition coefficient (Wildman–Crippen LogP) is 2.93. The van der Waals surface area contributed by atoms with E-state index in [1.807, 2.05) is 18.2 Å². The molecule has 19 heavy (non-hydrogen) atoms. The first-order valence-corrected chi connectivity index (χ1v) is 9.42. The topological polar surface area (TPSA) is 72.2 Å². The number of hydrogen-bond acceptors (Lipinski definition) is 4. The summed E-state index contributed by atoms with van der Waals surface area (Å²) in [7, 11) is -2.91. The van der Waals surface area contributed by atoms with Gasteiger partial charge in [0, 0.05) is 20.7 Å². The zero-order valence-electron chi connectivity index (χ0n) is 10.7. The maximum atomic E-state index is 11.5. The zero-order valence-corrected chi connectivity index (χ0v) is 14.7. The van der Waals surface area contributed by atoms with Gasteiger partial charge in [-0.1, -0.05) is 38.8 Å². The molecule has 108 valence electrons. The van der Waals surface area contributed by atoms with Gasteiger partial charge in [-0.3, -0.25) is 11.3 Å². The molecule has 0 saturated carbocycles. The van der Waals surface area contributed by atoms with Gasteiger partial charge in [-0.15, -0.1) is 0 Å². The number of nitrogens with one attached hydrogen (secondary N) is 1. The highest BCUT2D eigenvalue weighted by Crippen LogP contribution is 2.29. The fourth-order valence-corrected chi connectivity index (χ4v) is 3.56. The molecule has 0 radical (unpaired) electrons. The number of halogens is 2. The summed E-state index contributed by atoms with van der Waals surface area (Å²) in [5, 5.41) is 0. The lowest BCUT2D eigenvalue weighted by atomic mass is 10.0. The Kier molecular flexibility index (Phi) is 6.96. The maximum Gasteiger partial charge on any atom is 0.150 e. The fraction of sp³-hybridized carbons (Fsp3) is 0.500. The summed E-state index contributed by atoms with van der Waals surface area (Å²) in [4.78, 5) is 0. The van der Waals surface area contributed by atoms with Crippen molar-refractivity contribution in [2.45, 2.75) is 25.8 Å². The largest absolute Gasteiger partial charge is 0.271 e. The van der Waals surface area contributed by atoms with Crippen molar-refractivity contribution in [2.75, 3.05) is 11.5 Å². The summed E-state index contributed by atoms with van der Waals surface area (Å²) in [6.07, 6.45) is 1.26. The van der Waals surface area contributed by atoms with Crippen molar-refractivity contribution >= 4 is 41.7 Å². The van der Waals surface area contributed by atoms with E-state index in [1.54, 1.807) is 6.92 Å². The lowest BCUT2D eigenvalue weighted by Gasteiger charge is -2.18. The van der Waals surface area contributed by atoms with Crippen LogP contribution >= 0.6 is 31.9 Å². The molecule has 0 fully saturated rings. The molecule has 7 heteroatoms.